The van der Waals surface area contributed by atoms with Gasteiger partial charge in [0, 0.05) is 24.8 Å². The average Bonchev–Trinajstić information content (AvgIpc) is 3.40. The molecule has 7 nitrogen and oxygen atoms in total. The molecule has 7 rings (SSSR count). The Balaban J connectivity index is 1.18. The van der Waals surface area contributed by atoms with Crippen molar-refractivity contribution in [2.45, 2.75) is 31.8 Å². The van der Waals surface area contributed by atoms with E-state index in [1.807, 2.05) is 36.4 Å². The molecule has 4 aliphatic rings. The molecule has 1 unspecified atom stereocenters. The van der Waals surface area contributed by atoms with E-state index in [4.69, 9.17) is 9.26 Å². The minimum atomic E-state index is -0.394. The lowest BCUT2D eigenvalue weighted by atomic mass is 9.83. The zero-order chi connectivity index (χ0) is 23.3. The molecule has 1 atom stereocenters. The Morgan fingerprint density at radius 1 is 1.06 bits per heavy atom. The molecule has 0 spiro atoms. The number of benzene rings is 2. The molecule has 3 aromatic rings. The van der Waals surface area contributed by atoms with E-state index in [9.17, 15) is 9.59 Å². The van der Waals surface area contributed by atoms with E-state index in [1.54, 1.807) is 13.0 Å². The highest BCUT2D eigenvalue weighted by atomic mass is 16.5. The SMILES string of the molecule is Cc1cc(NC(=O)C[N+]23CCC(CC2)C(OC(=O)C2c4ccccc4-c4ccccc42)C3)no1. The van der Waals surface area contributed by atoms with Crippen molar-refractivity contribution < 1.29 is 23.3 Å². The highest BCUT2D eigenvalue weighted by molar-refractivity contribution is 5.93. The van der Waals surface area contributed by atoms with Gasteiger partial charge in [0.25, 0.3) is 5.91 Å². The quantitative estimate of drug-likeness (QED) is 0.464. The highest BCUT2D eigenvalue weighted by Crippen LogP contribution is 2.46. The predicted octanol–water partition coefficient (Wildman–Crippen LogP) is 3.89. The molecular weight excluding hydrogens is 430 g/mol. The lowest BCUT2D eigenvalue weighted by molar-refractivity contribution is -0.938. The van der Waals surface area contributed by atoms with Crippen LogP contribution in [0.1, 0.15) is 35.6 Å². The second kappa shape index (κ2) is 8.09. The molecule has 3 fully saturated rings. The van der Waals surface area contributed by atoms with Crippen molar-refractivity contribution in [3.8, 4) is 11.1 Å². The number of piperidine rings is 3. The van der Waals surface area contributed by atoms with Crippen molar-refractivity contribution in [1.82, 2.24) is 5.16 Å². The summed E-state index contributed by atoms with van der Waals surface area (Å²) in [6, 6.07) is 17.9. The van der Waals surface area contributed by atoms with E-state index in [0.29, 0.717) is 35.1 Å². The van der Waals surface area contributed by atoms with Gasteiger partial charge in [0.05, 0.1) is 13.1 Å². The zero-order valence-corrected chi connectivity index (χ0v) is 19.2. The van der Waals surface area contributed by atoms with Gasteiger partial charge in [0.15, 0.2) is 18.5 Å². The van der Waals surface area contributed by atoms with Gasteiger partial charge in [-0.15, -0.1) is 0 Å². The molecule has 2 bridgehead atoms. The van der Waals surface area contributed by atoms with Crippen molar-refractivity contribution in [2.24, 2.45) is 5.92 Å². The van der Waals surface area contributed by atoms with Crippen LogP contribution in [0.25, 0.3) is 11.1 Å². The average molecular weight is 459 g/mol. The fourth-order valence-corrected chi connectivity index (χ4v) is 6.12. The van der Waals surface area contributed by atoms with Gasteiger partial charge >= 0.3 is 5.97 Å². The summed E-state index contributed by atoms with van der Waals surface area (Å²) in [6.07, 6.45) is 1.76. The first-order valence-electron chi connectivity index (χ1n) is 12.0. The monoisotopic (exact) mass is 458 g/mol. The van der Waals surface area contributed by atoms with Crippen LogP contribution in [0.15, 0.2) is 59.1 Å². The molecular formula is C27H28N3O4+. The molecule has 0 radical (unpaired) electrons. The van der Waals surface area contributed by atoms with Crippen LogP contribution in [0.4, 0.5) is 5.82 Å². The number of hydrogen-bond donors (Lipinski definition) is 1. The van der Waals surface area contributed by atoms with E-state index in [2.05, 4.69) is 22.6 Å². The Labute approximate surface area is 198 Å². The first kappa shape index (κ1) is 21.1. The first-order valence-corrected chi connectivity index (χ1v) is 12.0. The summed E-state index contributed by atoms with van der Waals surface area (Å²) in [4.78, 5) is 26.3. The highest BCUT2D eigenvalue weighted by Gasteiger charge is 2.49. The fraction of sp³-hybridized carbons (Fsp3) is 0.370. The number of aromatic nitrogens is 1. The maximum atomic E-state index is 13.6. The third-order valence-corrected chi connectivity index (χ3v) is 7.75. The van der Waals surface area contributed by atoms with E-state index < -0.39 is 5.92 Å². The number of ether oxygens (including phenoxy) is 1. The van der Waals surface area contributed by atoms with E-state index >= 15 is 0 Å². The Bertz CT molecular complexity index is 1210. The molecule has 1 aliphatic carbocycles. The van der Waals surface area contributed by atoms with Crippen LogP contribution in [-0.4, -0.2) is 53.8 Å². The normalized spacial score (nSPS) is 25.0. The minimum Gasteiger partial charge on any atom is -0.455 e. The molecule has 2 aromatic carbocycles. The van der Waals surface area contributed by atoms with Gasteiger partial charge in [0.2, 0.25) is 0 Å². The van der Waals surface area contributed by atoms with Crippen molar-refractivity contribution in [2.75, 3.05) is 31.5 Å². The summed E-state index contributed by atoms with van der Waals surface area (Å²) in [5.41, 5.74) is 4.25. The molecule has 1 amide bonds. The lowest BCUT2D eigenvalue weighted by Crippen LogP contribution is -2.66. The fourth-order valence-electron chi connectivity index (χ4n) is 6.12. The van der Waals surface area contributed by atoms with Crippen LogP contribution in [0.3, 0.4) is 0 Å². The number of anilines is 1. The van der Waals surface area contributed by atoms with Crippen LogP contribution in [0.5, 0.6) is 0 Å². The first-order chi connectivity index (χ1) is 16.5. The van der Waals surface area contributed by atoms with Crippen LogP contribution in [0, 0.1) is 12.8 Å². The number of nitrogens with zero attached hydrogens (tertiary/aromatic N) is 2. The number of quaternary nitrogens is 1. The summed E-state index contributed by atoms with van der Waals surface area (Å²) in [7, 11) is 0. The summed E-state index contributed by atoms with van der Waals surface area (Å²) in [5.74, 6) is 0.790. The molecule has 174 valence electrons. The minimum absolute atomic E-state index is 0.0858. The van der Waals surface area contributed by atoms with Crippen molar-refractivity contribution in [3.05, 3.63) is 71.5 Å². The number of hydrogen-bond acceptors (Lipinski definition) is 5. The Hall–Kier alpha value is -3.45. The number of carbonyl (C=O) groups is 2. The maximum Gasteiger partial charge on any atom is 0.318 e. The van der Waals surface area contributed by atoms with Gasteiger partial charge in [0.1, 0.15) is 18.2 Å². The van der Waals surface area contributed by atoms with E-state index in [0.717, 1.165) is 48.2 Å². The van der Waals surface area contributed by atoms with Gasteiger partial charge < -0.3 is 19.1 Å². The number of carbonyl (C=O) groups excluding carboxylic acids is 2. The standard InChI is InChI=1S/C27H27N3O4/c1-17-14-24(29-34-17)28-25(31)16-30-12-10-18(11-13-30)23(15-30)33-27(32)26-21-8-4-2-6-19(21)20-7-3-5-9-22(20)26/h2-9,14,18,23,26H,10-13,15-16H2,1H3/p+1. The summed E-state index contributed by atoms with van der Waals surface area (Å²) < 4.78 is 11.9. The number of rotatable bonds is 5. The smallest absolute Gasteiger partial charge is 0.318 e. The second-order valence-corrected chi connectivity index (χ2v) is 9.92. The number of aryl methyl sites for hydroxylation is 1. The van der Waals surface area contributed by atoms with Crippen LogP contribution in [0.2, 0.25) is 0 Å². The van der Waals surface area contributed by atoms with E-state index in [-0.39, 0.29) is 18.0 Å². The molecule has 0 saturated carbocycles. The van der Waals surface area contributed by atoms with Gasteiger partial charge in [-0.05, 0) is 29.2 Å². The van der Waals surface area contributed by atoms with Crippen LogP contribution < -0.4 is 5.32 Å². The van der Waals surface area contributed by atoms with Gasteiger partial charge in [-0.25, -0.2) is 0 Å². The number of fused-ring (bicyclic) bond motifs is 6. The molecule has 1 aromatic heterocycles. The molecule has 7 heteroatoms. The predicted molar refractivity (Wildman–Crippen MR) is 126 cm³/mol. The molecule has 1 N–H and O–H groups in total. The van der Waals surface area contributed by atoms with Gasteiger partial charge in [-0.3, -0.25) is 9.59 Å². The second-order valence-electron chi connectivity index (χ2n) is 9.92. The molecule has 3 saturated heterocycles. The molecule has 34 heavy (non-hydrogen) atoms. The molecule has 4 heterocycles. The topological polar surface area (TPSA) is 81.4 Å². The van der Waals surface area contributed by atoms with Crippen LogP contribution in [-0.2, 0) is 14.3 Å². The third-order valence-electron chi connectivity index (χ3n) is 7.75. The van der Waals surface area contributed by atoms with Crippen molar-refractivity contribution >= 4 is 17.7 Å². The zero-order valence-electron chi connectivity index (χ0n) is 19.2. The summed E-state index contributed by atoms with van der Waals surface area (Å²) in [5, 5.41) is 6.70. The summed E-state index contributed by atoms with van der Waals surface area (Å²) >= 11 is 0. The number of esters is 1. The maximum absolute atomic E-state index is 13.6. The Kier molecular flexibility index (Phi) is 5.03. The summed E-state index contributed by atoms with van der Waals surface area (Å²) in [6.45, 7) is 4.68. The van der Waals surface area contributed by atoms with Crippen LogP contribution >= 0.6 is 0 Å². The number of amides is 1. The molecule has 3 aliphatic heterocycles. The van der Waals surface area contributed by atoms with Crippen molar-refractivity contribution in [1.29, 1.82) is 0 Å². The third kappa shape index (κ3) is 3.60. The Morgan fingerprint density at radius 2 is 1.71 bits per heavy atom. The Morgan fingerprint density at radius 3 is 2.32 bits per heavy atom. The largest absolute Gasteiger partial charge is 0.455 e. The van der Waals surface area contributed by atoms with Crippen molar-refractivity contribution in [3.63, 3.8) is 0 Å². The van der Waals surface area contributed by atoms with Gasteiger partial charge in [-0.2, -0.15) is 0 Å². The van der Waals surface area contributed by atoms with Gasteiger partial charge in [-0.1, -0.05) is 53.7 Å². The van der Waals surface area contributed by atoms with E-state index in [1.165, 1.54) is 0 Å². The lowest BCUT2D eigenvalue weighted by Gasteiger charge is -2.51. The number of nitrogens with one attached hydrogen (secondary N) is 1.